The predicted octanol–water partition coefficient (Wildman–Crippen LogP) is 2.60. The summed E-state index contributed by atoms with van der Waals surface area (Å²) in [5.74, 6) is 0.555. The van der Waals surface area contributed by atoms with E-state index in [1.807, 2.05) is 13.0 Å². The van der Waals surface area contributed by atoms with Crippen molar-refractivity contribution in [2.45, 2.75) is 45.3 Å². The van der Waals surface area contributed by atoms with Gasteiger partial charge in [-0.25, -0.2) is 4.98 Å². The third-order valence-electron chi connectivity index (χ3n) is 4.18. The summed E-state index contributed by atoms with van der Waals surface area (Å²) in [4.78, 5) is 23.6. The number of pyridine rings is 1. The molecule has 1 saturated heterocycles. The van der Waals surface area contributed by atoms with E-state index in [0.717, 1.165) is 37.4 Å². The van der Waals surface area contributed by atoms with Crippen LogP contribution in [0.1, 0.15) is 43.0 Å². The topological polar surface area (TPSA) is 91.9 Å². The fourth-order valence-electron chi connectivity index (χ4n) is 2.80. The Labute approximate surface area is 141 Å². The molecule has 3 heterocycles. The quantitative estimate of drug-likeness (QED) is 0.757. The van der Waals surface area contributed by atoms with Gasteiger partial charge in [0, 0.05) is 25.3 Å². The van der Waals surface area contributed by atoms with E-state index in [1.54, 1.807) is 18.6 Å². The molecule has 2 atom stereocenters. The number of aryl methyl sites for hydroxylation is 1. The number of H-pyrrole nitrogens is 1. The van der Waals surface area contributed by atoms with Gasteiger partial charge in [-0.15, -0.1) is 0 Å². The Morgan fingerprint density at radius 2 is 2.33 bits per heavy atom. The highest BCUT2D eigenvalue weighted by molar-refractivity contribution is 6.04. The van der Waals surface area contributed by atoms with Crippen molar-refractivity contribution < 1.29 is 9.53 Å². The first-order valence-corrected chi connectivity index (χ1v) is 8.34. The summed E-state index contributed by atoms with van der Waals surface area (Å²) in [6, 6.07) is 2.01. The van der Waals surface area contributed by atoms with Crippen molar-refractivity contribution in [2.75, 3.05) is 17.2 Å². The largest absolute Gasteiger partial charge is 0.378 e. The van der Waals surface area contributed by atoms with E-state index in [4.69, 9.17) is 4.74 Å². The highest BCUT2D eigenvalue weighted by Crippen LogP contribution is 2.24. The van der Waals surface area contributed by atoms with Crippen molar-refractivity contribution in [1.29, 1.82) is 0 Å². The zero-order valence-corrected chi connectivity index (χ0v) is 14.0. The summed E-state index contributed by atoms with van der Waals surface area (Å²) >= 11 is 0. The number of hydrogen-bond acceptors (Lipinski definition) is 5. The SMILES string of the molecule is CCc1ncc(C(=O)Nc2cnccc2NC(C)C2CCCO2)[nH]1. The van der Waals surface area contributed by atoms with Crippen LogP contribution < -0.4 is 10.6 Å². The molecule has 24 heavy (non-hydrogen) atoms. The molecule has 0 aliphatic carbocycles. The van der Waals surface area contributed by atoms with E-state index in [-0.39, 0.29) is 18.1 Å². The number of anilines is 2. The summed E-state index contributed by atoms with van der Waals surface area (Å²) in [5.41, 5.74) is 1.91. The summed E-state index contributed by atoms with van der Waals surface area (Å²) in [6.45, 7) is 4.89. The first-order valence-electron chi connectivity index (χ1n) is 8.34. The second-order valence-corrected chi connectivity index (χ2v) is 5.96. The summed E-state index contributed by atoms with van der Waals surface area (Å²) < 4.78 is 5.71. The third kappa shape index (κ3) is 3.73. The van der Waals surface area contributed by atoms with E-state index in [9.17, 15) is 4.79 Å². The van der Waals surface area contributed by atoms with Crippen molar-refractivity contribution in [3.8, 4) is 0 Å². The number of rotatable bonds is 6. The second kappa shape index (κ2) is 7.44. The van der Waals surface area contributed by atoms with Gasteiger partial charge in [-0.1, -0.05) is 6.92 Å². The number of imidazole rings is 1. The lowest BCUT2D eigenvalue weighted by Gasteiger charge is -2.22. The van der Waals surface area contributed by atoms with Gasteiger partial charge in [-0.05, 0) is 25.8 Å². The molecule has 0 bridgehead atoms. The lowest BCUT2D eigenvalue weighted by atomic mass is 10.1. The molecule has 2 aromatic heterocycles. The maximum atomic E-state index is 12.4. The molecule has 7 heteroatoms. The van der Waals surface area contributed by atoms with E-state index < -0.39 is 0 Å². The minimum absolute atomic E-state index is 0.157. The van der Waals surface area contributed by atoms with Crippen LogP contribution in [0.2, 0.25) is 0 Å². The van der Waals surface area contributed by atoms with Crippen LogP contribution in [0.15, 0.2) is 24.7 Å². The highest BCUT2D eigenvalue weighted by Gasteiger charge is 2.23. The molecule has 0 spiro atoms. The summed E-state index contributed by atoms with van der Waals surface area (Å²) in [6.07, 6.45) is 7.98. The predicted molar refractivity (Wildman–Crippen MR) is 92.2 cm³/mol. The third-order valence-corrected chi connectivity index (χ3v) is 4.18. The molecule has 1 amide bonds. The molecule has 1 aliphatic heterocycles. The van der Waals surface area contributed by atoms with Crippen molar-refractivity contribution in [1.82, 2.24) is 15.0 Å². The normalized spacial score (nSPS) is 18.3. The molecule has 0 radical (unpaired) electrons. The van der Waals surface area contributed by atoms with Gasteiger partial charge in [-0.2, -0.15) is 0 Å². The molecule has 3 rings (SSSR count). The van der Waals surface area contributed by atoms with Gasteiger partial charge in [0.1, 0.15) is 11.5 Å². The van der Waals surface area contributed by atoms with Crippen LogP contribution in [0, 0.1) is 0 Å². The first kappa shape index (κ1) is 16.4. The van der Waals surface area contributed by atoms with Crippen molar-refractivity contribution >= 4 is 17.3 Å². The van der Waals surface area contributed by atoms with E-state index in [2.05, 4.69) is 32.5 Å². The molecule has 2 unspecified atom stereocenters. The first-order chi connectivity index (χ1) is 11.7. The minimum atomic E-state index is -0.233. The van der Waals surface area contributed by atoms with E-state index >= 15 is 0 Å². The maximum absolute atomic E-state index is 12.4. The number of hydrogen-bond donors (Lipinski definition) is 3. The Kier molecular flexibility index (Phi) is 5.10. The Balaban J connectivity index is 1.70. The van der Waals surface area contributed by atoms with Gasteiger partial charge in [0.05, 0.1) is 29.9 Å². The lowest BCUT2D eigenvalue weighted by Crippen LogP contribution is -2.30. The number of amides is 1. The number of carbonyl (C=O) groups excluding carboxylic acids is 1. The summed E-state index contributed by atoms with van der Waals surface area (Å²) in [7, 11) is 0. The number of nitrogens with one attached hydrogen (secondary N) is 3. The number of ether oxygens (including phenoxy) is 1. The Hall–Kier alpha value is -2.41. The monoisotopic (exact) mass is 329 g/mol. The molecule has 128 valence electrons. The van der Waals surface area contributed by atoms with Crippen LogP contribution in [0.4, 0.5) is 11.4 Å². The van der Waals surface area contributed by atoms with Gasteiger partial charge >= 0.3 is 0 Å². The lowest BCUT2D eigenvalue weighted by molar-refractivity contribution is 0.0997. The van der Waals surface area contributed by atoms with Gasteiger partial charge in [0.25, 0.3) is 5.91 Å². The van der Waals surface area contributed by atoms with Crippen molar-refractivity contribution in [2.24, 2.45) is 0 Å². The maximum Gasteiger partial charge on any atom is 0.273 e. The number of carbonyl (C=O) groups is 1. The van der Waals surface area contributed by atoms with Gasteiger partial charge < -0.3 is 20.4 Å². The molecule has 7 nitrogen and oxygen atoms in total. The number of nitrogens with zero attached hydrogens (tertiary/aromatic N) is 2. The van der Waals surface area contributed by atoms with Crippen LogP contribution in [0.25, 0.3) is 0 Å². The fraction of sp³-hybridized carbons (Fsp3) is 0.471. The minimum Gasteiger partial charge on any atom is -0.378 e. The van der Waals surface area contributed by atoms with Crippen LogP contribution in [0.3, 0.4) is 0 Å². The molecule has 0 aromatic carbocycles. The number of aromatic amines is 1. The van der Waals surface area contributed by atoms with Gasteiger partial charge in [-0.3, -0.25) is 9.78 Å². The van der Waals surface area contributed by atoms with Crippen molar-refractivity contribution in [3.63, 3.8) is 0 Å². The molecule has 1 aliphatic rings. The highest BCUT2D eigenvalue weighted by atomic mass is 16.5. The van der Waals surface area contributed by atoms with Gasteiger partial charge in [0.2, 0.25) is 0 Å². The van der Waals surface area contributed by atoms with Crippen LogP contribution in [-0.4, -0.2) is 39.6 Å². The van der Waals surface area contributed by atoms with Crippen LogP contribution >= 0.6 is 0 Å². The average Bonchev–Trinajstić information content (AvgIpc) is 3.28. The Morgan fingerprint density at radius 3 is 3.04 bits per heavy atom. The molecular weight excluding hydrogens is 306 g/mol. The molecule has 2 aromatic rings. The van der Waals surface area contributed by atoms with Crippen LogP contribution in [0.5, 0.6) is 0 Å². The molecule has 0 saturated carbocycles. The van der Waals surface area contributed by atoms with Crippen molar-refractivity contribution in [3.05, 3.63) is 36.2 Å². The smallest absolute Gasteiger partial charge is 0.273 e. The molecular formula is C17H23N5O2. The van der Waals surface area contributed by atoms with E-state index in [1.165, 1.54) is 0 Å². The molecule has 1 fully saturated rings. The standard InChI is InChI=1S/C17H23N5O2/c1-3-16-19-10-14(21-16)17(23)22-13-9-18-7-6-12(13)20-11(2)15-5-4-8-24-15/h6-7,9-11,15H,3-5,8H2,1-2H3,(H,18,20)(H,19,21)(H,22,23). The summed E-state index contributed by atoms with van der Waals surface area (Å²) in [5, 5.41) is 6.30. The average molecular weight is 329 g/mol. The second-order valence-electron chi connectivity index (χ2n) is 5.96. The Morgan fingerprint density at radius 1 is 1.46 bits per heavy atom. The van der Waals surface area contributed by atoms with Crippen LogP contribution in [-0.2, 0) is 11.2 Å². The number of aromatic nitrogens is 3. The fourth-order valence-corrected chi connectivity index (χ4v) is 2.80. The zero-order valence-electron chi connectivity index (χ0n) is 14.0. The zero-order chi connectivity index (χ0) is 16.9. The van der Waals surface area contributed by atoms with Gasteiger partial charge in [0.15, 0.2) is 0 Å². The van der Waals surface area contributed by atoms with E-state index in [0.29, 0.717) is 11.4 Å². The molecule has 3 N–H and O–H groups in total. The Bertz CT molecular complexity index is 694.